The normalized spacial score (nSPS) is 10.0. The Morgan fingerprint density at radius 3 is 3.08 bits per heavy atom. The van der Waals surface area contributed by atoms with Crippen molar-refractivity contribution in [1.82, 2.24) is 4.37 Å². The molecule has 1 aromatic rings. The summed E-state index contributed by atoms with van der Waals surface area (Å²) in [4.78, 5) is 11.5. The maximum atomic E-state index is 11.5. The molecule has 0 aromatic carbocycles. The molecule has 72 valence electrons. The fourth-order valence-electron chi connectivity index (χ4n) is 1.03. The molecular formula is C9H13NO2S. The Morgan fingerprint density at radius 2 is 2.46 bits per heavy atom. The predicted molar refractivity (Wildman–Crippen MR) is 52.5 cm³/mol. The van der Waals surface area contributed by atoms with Crippen LogP contribution in [0.4, 0.5) is 0 Å². The van der Waals surface area contributed by atoms with Crippen LogP contribution in [0.25, 0.3) is 0 Å². The number of aromatic nitrogens is 1. The maximum Gasteiger partial charge on any atom is 0.235 e. The largest absolute Gasteiger partial charge is 0.480 e. The highest BCUT2D eigenvalue weighted by atomic mass is 32.1. The molecule has 0 amide bonds. The van der Waals surface area contributed by atoms with Crippen molar-refractivity contribution in [2.24, 2.45) is 0 Å². The molecule has 0 saturated carbocycles. The van der Waals surface area contributed by atoms with Crippen LogP contribution in [0.3, 0.4) is 0 Å². The topological polar surface area (TPSA) is 39.2 Å². The number of hydrogen-bond donors (Lipinski definition) is 0. The van der Waals surface area contributed by atoms with E-state index in [9.17, 15) is 4.79 Å². The lowest BCUT2D eigenvalue weighted by molar-refractivity contribution is 0.0977. The lowest BCUT2D eigenvalue weighted by Gasteiger charge is -1.98. The zero-order valence-corrected chi connectivity index (χ0v) is 8.69. The van der Waals surface area contributed by atoms with E-state index in [0.717, 1.165) is 12.8 Å². The van der Waals surface area contributed by atoms with Gasteiger partial charge in [-0.2, -0.15) is 4.37 Å². The number of Topliss-reactive ketones (excluding diaryl/α,β-unsaturated/α-hetero) is 1. The van der Waals surface area contributed by atoms with Gasteiger partial charge in [0.2, 0.25) is 5.88 Å². The van der Waals surface area contributed by atoms with Crippen molar-refractivity contribution in [1.29, 1.82) is 0 Å². The predicted octanol–water partition coefficient (Wildman–Crippen LogP) is 2.52. The molecule has 0 aliphatic rings. The monoisotopic (exact) mass is 199 g/mol. The van der Waals surface area contributed by atoms with Crippen molar-refractivity contribution >= 4 is 17.3 Å². The van der Waals surface area contributed by atoms with Crippen LogP contribution in [-0.2, 0) is 0 Å². The SMILES string of the molecule is CCCCC(=O)c1csnc1OC. The Bertz CT molecular complexity index is 283. The molecule has 0 aliphatic carbocycles. The van der Waals surface area contributed by atoms with Gasteiger partial charge in [-0.15, -0.1) is 0 Å². The second-order valence-electron chi connectivity index (χ2n) is 2.76. The van der Waals surface area contributed by atoms with Gasteiger partial charge in [-0.3, -0.25) is 4.79 Å². The number of methoxy groups -OCH3 is 1. The summed E-state index contributed by atoms with van der Waals surface area (Å²) in [5.41, 5.74) is 0.626. The summed E-state index contributed by atoms with van der Waals surface area (Å²) in [5, 5.41) is 1.75. The molecule has 0 N–H and O–H groups in total. The third kappa shape index (κ3) is 2.52. The molecule has 13 heavy (non-hydrogen) atoms. The van der Waals surface area contributed by atoms with Gasteiger partial charge >= 0.3 is 0 Å². The summed E-state index contributed by atoms with van der Waals surface area (Å²) < 4.78 is 8.93. The van der Waals surface area contributed by atoms with E-state index in [-0.39, 0.29) is 5.78 Å². The van der Waals surface area contributed by atoms with Crippen molar-refractivity contribution in [2.75, 3.05) is 7.11 Å². The molecule has 0 fully saturated rings. The van der Waals surface area contributed by atoms with Crippen LogP contribution in [0.2, 0.25) is 0 Å². The van der Waals surface area contributed by atoms with Crippen molar-refractivity contribution in [3.05, 3.63) is 10.9 Å². The Balaban J connectivity index is 2.65. The van der Waals surface area contributed by atoms with Crippen molar-refractivity contribution in [3.63, 3.8) is 0 Å². The van der Waals surface area contributed by atoms with E-state index in [4.69, 9.17) is 4.74 Å². The smallest absolute Gasteiger partial charge is 0.235 e. The maximum absolute atomic E-state index is 11.5. The summed E-state index contributed by atoms with van der Waals surface area (Å²) >= 11 is 1.26. The van der Waals surface area contributed by atoms with Crippen LogP contribution in [0, 0.1) is 0 Å². The molecule has 1 heterocycles. The quantitative estimate of drug-likeness (QED) is 0.684. The molecule has 1 aromatic heterocycles. The highest BCUT2D eigenvalue weighted by Gasteiger charge is 2.13. The summed E-state index contributed by atoms with van der Waals surface area (Å²) in [5.74, 6) is 0.596. The first-order valence-corrected chi connectivity index (χ1v) is 5.14. The third-order valence-electron chi connectivity index (χ3n) is 1.79. The molecule has 3 nitrogen and oxygen atoms in total. The summed E-state index contributed by atoms with van der Waals surface area (Å²) in [6.45, 7) is 2.07. The first-order valence-electron chi connectivity index (χ1n) is 4.31. The first-order chi connectivity index (χ1) is 6.29. The van der Waals surface area contributed by atoms with Gasteiger partial charge in [0.1, 0.15) is 0 Å². The van der Waals surface area contributed by atoms with Crippen LogP contribution in [0.5, 0.6) is 5.88 Å². The van der Waals surface area contributed by atoms with Crippen molar-refractivity contribution in [2.45, 2.75) is 26.2 Å². The minimum atomic E-state index is 0.132. The second kappa shape index (κ2) is 4.97. The average Bonchev–Trinajstić information content (AvgIpc) is 2.61. The lowest BCUT2D eigenvalue weighted by Crippen LogP contribution is -1.99. The minimum absolute atomic E-state index is 0.132. The van der Waals surface area contributed by atoms with Gasteiger partial charge < -0.3 is 4.74 Å². The third-order valence-corrected chi connectivity index (χ3v) is 2.40. The van der Waals surface area contributed by atoms with Crippen LogP contribution < -0.4 is 4.74 Å². The van der Waals surface area contributed by atoms with E-state index in [2.05, 4.69) is 11.3 Å². The number of ketones is 1. The van der Waals surface area contributed by atoms with Crippen molar-refractivity contribution < 1.29 is 9.53 Å². The van der Waals surface area contributed by atoms with Gasteiger partial charge in [-0.1, -0.05) is 13.3 Å². The van der Waals surface area contributed by atoms with E-state index in [1.807, 2.05) is 0 Å². The Labute approximate surface area is 81.9 Å². The zero-order valence-electron chi connectivity index (χ0n) is 7.87. The van der Waals surface area contributed by atoms with E-state index < -0.39 is 0 Å². The molecular weight excluding hydrogens is 186 g/mol. The van der Waals surface area contributed by atoms with Gasteiger partial charge in [0.25, 0.3) is 0 Å². The molecule has 0 spiro atoms. The van der Waals surface area contributed by atoms with Gasteiger partial charge in [0.05, 0.1) is 12.7 Å². The fourth-order valence-corrected chi connectivity index (χ4v) is 1.69. The molecule has 0 unspecified atom stereocenters. The summed E-state index contributed by atoms with van der Waals surface area (Å²) in [6.07, 6.45) is 2.55. The molecule has 4 heteroatoms. The van der Waals surface area contributed by atoms with Crippen LogP contribution in [-0.4, -0.2) is 17.3 Å². The number of rotatable bonds is 5. The van der Waals surface area contributed by atoms with E-state index in [0.29, 0.717) is 17.9 Å². The number of hydrogen-bond acceptors (Lipinski definition) is 4. The average molecular weight is 199 g/mol. The van der Waals surface area contributed by atoms with Crippen LogP contribution >= 0.6 is 11.5 Å². The number of carbonyl (C=O) groups excluding carboxylic acids is 1. The standard InChI is InChI=1S/C9H13NO2S/c1-3-4-5-8(11)7-6-13-10-9(7)12-2/h6H,3-5H2,1-2H3. The first kappa shape index (κ1) is 10.2. The number of unbranched alkanes of at least 4 members (excludes halogenated alkanes) is 1. The summed E-state index contributed by atoms with van der Waals surface area (Å²) in [6, 6.07) is 0. The zero-order chi connectivity index (χ0) is 9.68. The Kier molecular flexibility index (Phi) is 3.89. The number of carbonyl (C=O) groups is 1. The second-order valence-corrected chi connectivity index (χ2v) is 3.39. The molecule has 0 bridgehead atoms. The highest BCUT2D eigenvalue weighted by molar-refractivity contribution is 7.04. The van der Waals surface area contributed by atoms with Gasteiger partial charge in [0, 0.05) is 11.8 Å². The molecule has 0 radical (unpaired) electrons. The number of ether oxygens (including phenoxy) is 1. The molecule has 0 aliphatic heterocycles. The lowest BCUT2D eigenvalue weighted by atomic mass is 10.1. The van der Waals surface area contributed by atoms with E-state index in [1.54, 1.807) is 5.38 Å². The van der Waals surface area contributed by atoms with Gasteiger partial charge in [-0.25, -0.2) is 0 Å². The molecule has 0 atom stereocenters. The number of nitrogens with zero attached hydrogens (tertiary/aromatic N) is 1. The minimum Gasteiger partial charge on any atom is -0.480 e. The van der Waals surface area contributed by atoms with Crippen molar-refractivity contribution in [3.8, 4) is 5.88 Å². The van der Waals surface area contributed by atoms with Crippen LogP contribution in [0.15, 0.2) is 5.38 Å². The Morgan fingerprint density at radius 1 is 1.69 bits per heavy atom. The molecule has 0 saturated heterocycles. The molecule has 1 rings (SSSR count). The fraction of sp³-hybridized carbons (Fsp3) is 0.556. The summed E-state index contributed by atoms with van der Waals surface area (Å²) in [7, 11) is 1.53. The Hall–Kier alpha value is -0.900. The van der Waals surface area contributed by atoms with E-state index in [1.165, 1.54) is 18.6 Å². The highest BCUT2D eigenvalue weighted by Crippen LogP contribution is 2.20. The van der Waals surface area contributed by atoms with E-state index >= 15 is 0 Å². The van der Waals surface area contributed by atoms with Gasteiger partial charge in [0.15, 0.2) is 5.78 Å². The van der Waals surface area contributed by atoms with Crippen LogP contribution in [0.1, 0.15) is 36.5 Å². The van der Waals surface area contributed by atoms with Gasteiger partial charge in [-0.05, 0) is 18.0 Å².